The first-order valence-electron chi connectivity index (χ1n) is 5.64. The van der Waals surface area contributed by atoms with Gasteiger partial charge in [0.1, 0.15) is 16.5 Å². The smallest absolute Gasteiger partial charge is 0.194 e. The van der Waals surface area contributed by atoms with Crippen molar-refractivity contribution < 1.29 is 13.2 Å². The van der Waals surface area contributed by atoms with Gasteiger partial charge in [0.05, 0.1) is 7.11 Å². The number of hydrogen-bond donors (Lipinski definition) is 1. The third kappa shape index (κ3) is 2.98. The maximum Gasteiger partial charge on any atom is 0.194 e. The second kappa shape index (κ2) is 4.66. The molecule has 94 valence electrons. The van der Waals surface area contributed by atoms with E-state index in [1.807, 2.05) is 13.0 Å². The second-order valence-electron chi connectivity index (χ2n) is 4.39. The van der Waals surface area contributed by atoms with Crippen molar-refractivity contribution in [2.45, 2.75) is 30.7 Å². The van der Waals surface area contributed by atoms with E-state index in [9.17, 15) is 8.42 Å². The van der Waals surface area contributed by atoms with Gasteiger partial charge >= 0.3 is 0 Å². The quantitative estimate of drug-likeness (QED) is 0.866. The summed E-state index contributed by atoms with van der Waals surface area (Å²) in [7, 11) is -1.83. The fourth-order valence-corrected chi connectivity index (χ4v) is 3.05. The van der Waals surface area contributed by atoms with Crippen molar-refractivity contribution in [3.05, 3.63) is 23.8 Å². The normalized spacial score (nSPS) is 15.9. The van der Waals surface area contributed by atoms with E-state index in [4.69, 9.17) is 4.74 Å². The zero-order valence-electron chi connectivity index (χ0n) is 10.1. The van der Waals surface area contributed by atoms with E-state index in [2.05, 4.69) is 5.32 Å². The number of benzene rings is 1. The number of nitrogens with one attached hydrogen (secondary N) is 1. The van der Waals surface area contributed by atoms with E-state index in [1.54, 1.807) is 12.1 Å². The van der Waals surface area contributed by atoms with Crippen molar-refractivity contribution in [1.82, 2.24) is 5.32 Å². The molecule has 1 fully saturated rings. The van der Waals surface area contributed by atoms with Crippen LogP contribution in [0.15, 0.2) is 23.1 Å². The highest BCUT2D eigenvalue weighted by Gasteiger charge is 2.25. The van der Waals surface area contributed by atoms with Crippen LogP contribution >= 0.6 is 0 Å². The Balaban J connectivity index is 2.26. The molecule has 5 heteroatoms. The van der Waals surface area contributed by atoms with Crippen LogP contribution in [0.1, 0.15) is 18.4 Å². The summed E-state index contributed by atoms with van der Waals surface area (Å²) < 4.78 is 29.4. The molecule has 0 spiro atoms. The van der Waals surface area contributed by atoms with E-state index in [0.29, 0.717) is 11.8 Å². The SMILES string of the molecule is COc1ccc(C)cc1S(=O)(=O)CNC1CC1. The molecule has 1 N–H and O–H groups in total. The van der Waals surface area contributed by atoms with Crippen molar-refractivity contribution in [2.24, 2.45) is 0 Å². The molecular weight excluding hydrogens is 238 g/mol. The molecule has 4 nitrogen and oxygen atoms in total. The summed E-state index contributed by atoms with van der Waals surface area (Å²) in [6.07, 6.45) is 2.14. The van der Waals surface area contributed by atoms with Gasteiger partial charge < -0.3 is 10.1 Å². The second-order valence-corrected chi connectivity index (χ2v) is 6.35. The molecule has 0 aromatic heterocycles. The van der Waals surface area contributed by atoms with Crippen LogP contribution in [0.3, 0.4) is 0 Å². The van der Waals surface area contributed by atoms with Crippen molar-refractivity contribution in [2.75, 3.05) is 13.0 Å². The van der Waals surface area contributed by atoms with Crippen LogP contribution < -0.4 is 10.1 Å². The number of methoxy groups -OCH3 is 1. The lowest BCUT2D eigenvalue weighted by molar-refractivity contribution is 0.402. The third-order valence-electron chi connectivity index (χ3n) is 2.79. The van der Waals surface area contributed by atoms with Gasteiger partial charge in [-0.15, -0.1) is 0 Å². The van der Waals surface area contributed by atoms with Gasteiger partial charge in [0.2, 0.25) is 0 Å². The van der Waals surface area contributed by atoms with E-state index >= 15 is 0 Å². The maximum absolute atomic E-state index is 12.2. The van der Waals surface area contributed by atoms with Gasteiger partial charge in [-0.1, -0.05) is 6.07 Å². The van der Waals surface area contributed by atoms with Gasteiger partial charge in [-0.25, -0.2) is 8.42 Å². The lowest BCUT2D eigenvalue weighted by Crippen LogP contribution is -2.25. The Bertz CT molecular complexity index is 506. The summed E-state index contributed by atoms with van der Waals surface area (Å²) in [5.74, 6) is 0.394. The molecule has 0 unspecified atom stereocenters. The molecule has 1 aromatic rings. The molecule has 0 amide bonds. The fourth-order valence-electron chi connectivity index (χ4n) is 1.62. The minimum Gasteiger partial charge on any atom is -0.495 e. The molecule has 0 saturated heterocycles. The number of rotatable bonds is 5. The third-order valence-corrected chi connectivity index (χ3v) is 4.33. The van der Waals surface area contributed by atoms with Crippen LogP contribution in [0.25, 0.3) is 0 Å². The van der Waals surface area contributed by atoms with Crippen LogP contribution in [-0.2, 0) is 9.84 Å². The average Bonchev–Trinajstić information content (AvgIpc) is 3.10. The topological polar surface area (TPSA) is 55.4 Å². The molecule has 0 bridgehead atoms. The Kier molecular flexibility index (Phi) is 3.40. The zero-order chi connectivity index (χ0) is 12.5. The Labute approximate surface area is 102 Å². The first-order valence-corrected chi connectivity index (χ1v) is 7.29. The lowest BCUT2D eigenvalue weighted by Gasteiger charge is -2.10. The summed E-state index contributed by atoms with van der Waals surface area (Å²) in [6.45, 7) is 1.87. The Hall–Kier alpha value is -1.07. The molecule has 0 aliphatic heterocycles. The van der Waals surface area contributed by atoms with Gasteiger partial charge in [0, 0.05) is 6.04 Å². The predicted molar refractivity (Wildman–Crippen MR) is 65.9 cm³/mol. The Morgan fingerprint density at radius 1 is 1.41 bits per heavy atom. The fraction of sp³-hybridized carbons (Fsp3) is 0.500. The van der Waals surface area contributed by atoms with Crippen molar-refractivity contribution in [3.8, 4) is 5.75 Å². The minimum atomic E-state index is -3.32. The summed E-state index contributed by atoms with van der Waals surface area (Å²) in [4.78, 5) is 0.271. The summed E-state index contributed by atoms with van der Waals surface area (Å²) in [6, 6.07) is 5.56. The highest BCUT2D eigenvalue weighted by Crippen LogP contribution is 2.26. The minimum absolute atomic E-state index is 0.0164. The summed E-state index contributed by atoms with van der Waals surface area (Å²) >= 11 is 0. The molecule has 1 aliphatic rings. The van der Waals surface area contributed by atoms with Crippen LogP contribution in [0.5, 0.6) is 5.75 Å². The molecule has 17 heavy (non-hydrogen) atoms. The Morgan fingerprint density at radius 3 is 2.71 bits per heavy atom. The van der Waals surface area contributed by atoms with Gasteiger partial charge in [0.25, 0.3) is 0 Å². The standard InChI is InChI=1S/C12H17NO3S/c1-9-3-6-11(16-2)12(7-9)17(14,15)8-13-10-4-5-10/h3,6-7,10,13H,4-5,8H2,1-2H3. The molecule has 2 rings (SSSR count). The zero-order valence-corrected chi connectivity index (χ0v) is 10.9. The first-order chi connectivity index (χ1) is 8.03. The van der Waals surface area contributed by atoms with Gasteiger partial charge in [-0.05, 0) is 37.5 Å². The number of sulfone groups is 1. The highest BCUT2D eigenvalue weighted by molar-refractivity contribution is 7.91. The van der Waals surface area contributed by atoms with Gasteiger partial charge in [-0.2, -0.15) is 0 Å². The van der Waals surface area contributed by atoms with Crippen molar-refractivity contribution in [1.29, 1.82) is 0 Å². The van der Waals surface area contributed by atoms with E-state index < -0.39 is 9.84 Å². The molecule has 1 saturated carbocycles. The lowest BCUT2D eigenvalue weighted by atomic mass is 10.2. The molecule has 0 atom stereocenters. The van der Waals surface area contributed by atoms with Crippen LogP contribution in [0, 0.1) is 6.92 Å². The summed E-state index contributed by atoms with van der Waals surface area (Å²) in [5.41, 5.74) is 0.913. The largest absolute Gasteiger partial charge is 0.495 e. The number of ether oxygens (including phenoxy) is 1. The van der Waals surface area contributed by atoms with Crippen molar-refractivity contribution in [3.63, 3.8) is 0 Å². The first kappa shape index (κ1) is 12.4. The van der Waals surface area contributed by atoms with Crippen LogP contribution in [0.2, 0.25) is 0 Å². The average molecular weight is 255 g/mol. The van der Waals surface area contributed by atoms with E-state index in [0.717, 1.165) is 18.4 Å². The van der Waals surface area contributed by atoms with Gasteiger partial charge in [0.15, 0.2) is 9.84 Å². The predicted octanol–water partition coefficient (Wildman–Crippen LogP) is 1.49. The molecular formula is C12H17NO3S. The van der Waals surface area contributed by atoms with Crippen molar-refractivity contribution >= 4 is 9.84 Å². The Morgan fingerprint density at radius 2 is 2.12 bits per heavy atom. The monoisotopic (exact) mass is 255 g/mol. The molecule has 0 radical (unpaired) electrons. The van der Waals surface area contributed by atoms with E-state index in [-0.39, 0.29) is 10.8 Å². The van der Waals surface area contributed by atoms with Crippen LogP contribution in [0.4, 0.5) is 0 Å². The maximum atomic E-state index is 12.2. The summed E-state index contributed by atoms with van der Waals surface area (Å²) in [5, 5.41) is 3.02. The molecule has 1 aromatic carbocycles. The molecule has 0 heterocycles. The number of aryl methyl sites for hydroxylation is 1. The van der Waals surface area contributed by atoms with Crippen LogP contribution in [-0.4, -0.2) is 27.4 Å². The van der Waals surface area contributed by atoms with E-state index in [1.165, 1.54) is 7.11 Å². The van der Waals surface area contributed by atoms with Gasteiger partial charge in [-0.3, -0.25) is 0 Å². The number of hydrogen-bond acceptors (Lipinski definition) is 4. The highest BCUT2D eigenvalue weighted by atomic mass is 32.2. The molecule has 1 aliphatic carbocycles.